The molecule has 0 radical (unpaired) electrons. The first-order valence-corrected chi connectivity index (χ1v) is 11.9. The summed E-state index contributed by atoms with van der Waals surface area (Å²) in [5, 5.41) is 0.940. The number of aromatic nitrogens is 2. The summed E-state index contributed by atoms with van der Waals surface area (Å²) in [6.07, 6.45) is 0.752. The number of aryl methyl sites for hydroxylation is 2. The number of nitrogens with zero attached hydrogens (tertiary/aromatic N) is 3. The Morgan fingerprint density at radius 3 is 2.44 bits per heavy atom. The zero-order valence-corrected chi connectivity index (χ0v) is 20.6. The first-order chi connectivity index (χ1) is 16.3. The van der Waals surface area contributed by atoms with E-state index in [1.165, 1.54) is 0 Å². The molecule has 5 nitrogen and oxygen atoms in total. The van der Waals surface area contributed by atoms with E-state index in [9.17, 15) is 9.59 Å². The number of hydrogen-bond acceptors (Lipinski definition) is 3. The summed E-state index contributed by atoms with van der Waals surface area (Å²) in [5.74, 6) is 0.329. The Kier molecular flexibility index (Phi) is 6.85. The van der Waals surface area contributed by atoms with Crippen LogP contribution in [0.1, 0.15) is 53.6 Å². The monoisotopic (exact) mass is 473 g/mol. The van der Waals surface area contributed by atoms with E-state index in [1.54, 1.807) is 39.8 Å². The van der Waals surface area contributed by atoms with Gasteiger partial charge in [0.25, 0.3) is 11.5 Å². The van der Waals surface area contributed by atoms with Crippen LogP contribution in [0.5, 0.6) is 0 Å². The van der Waals surface area contributed by atoms with Gasteiger partial charge in [0.2, 0.25) is 0 Å². The van der Waals surface area contributed by atoms with Gasteiger partial charge in [0.15, 0.2) is 0 Å². The fourth-order valence-corrected chi connectivity index (χ4v) is 4.40. The first-order valence-electron chi connectivity index (χ1n) is 11.5. The maximum atomic E-state index is 13.7. The van der Waals surface area contributed by atoms with Crippen LogP contribution in [0.15, 0.2) is 71.5 Å². The van der Waals surface area contributed by atoms with E-state index < -0.39 is 6.04 Å². The Morgan fingerprint density at radius 1 is 1.03 bits per heavy atom. The standard InChI is InChI=1S/C28H28ClN3O2/c1-5-16-31(27(33)22-10-6-8-12-24(22)29)20(4)26-30-25-13-9-7-11-23(25)28(34)32(26)21-15-14-18(2)19(3)17-21/h6-15,17,20H,5,16H2,1-4H3. The number of fused-ring (bicyclic) bond motifs is 1. The molecule has 4 rings (SSSR count). The van der Waals surface area contributed by atoms with E-state index in [0.29, 0.717) is 33.9 Å². The van der Waals surface area contributed by atoms with Crippen molar-refractivity contribution in [2.45, 2.75) is 40.2 Å². The Balaban J connectivity index is 1.94. The molecule has 0 N–H and O–H groups in total. The van der Waals surface area contributed by atoms with Crippen molar-refractivity contribution in [1.29, 1.82) is 0 Å². The number of halogens is 1. The summed E-state index contributed by atoms with van der Waals surface area (Å²) >= 11 is 6.36. The third-order valence-corrected chi connectivity index (χ3v) is 6.55. The van der Waals surface area contributed by atoms with Crippen LogP contribution < -0.4 is 5.56 Å². The van der Waals surface area contributed by atoms with Crippen molar-refractivity contribution < 1.29 is 4.79 Å². The van der Waals surface area contributed by atoms with Crippen molar-refractivity contribution in [2.24, 2.45) is 0 Å². The second-order valence-electron chi connectivity index (χ2n) is 8.55. The van der Waals surface area contributed by atoms with Gasteiger partial charge in [-0.05, 0) is 74.7 Å². The summed E-state index contributed by atoms with van der Waals surface area (Å²) in [7, 11) is 0. The normalized spacial score (nSPS) is 12.0. The molecular weight excluding hydrogens is 446 g/mol. The minimum absolute atomic E-state index is 0.155. The Labute approximate surface area is 204 Å². The van der Waals surface area contributed by atoms with Crippen molar-refractivity contribution in [2.75, 3.05) is 6.54 Å². The predicted molar refractivity (Wildman–Crippen MR) is 138 cm³/mol. The second kappa shape index (κ2) is 9.82. The highest BCUT2D eigenvalue weighted by atomic mass is 35.5. The molecular formula is C28H28ClN3O2. The maximum absolute atomic E-state index is 13.7. The minimum Gasteiger partial charge on any atom is -0.329 e. The third kappa shape index (κ3) is 4.36. The highest BCUT2D eigenvalue weighted by Gasteiger charge is 2.28. The maximum Gasteiger partial charge on any atom is 0.266 e. The van der Waals surface area contributed by atoms with Crippen LogP contribution in [0.4, 0.5) is 0 Å². The number of benzene rings is 3. The fourth-order valence-electron chi connectivity index (χ4n) is 4.19. The van der Waals surface area contributed by atoms with Crippen molar-refractivity contribution >= 4 is 28.4 Å². The largest absolute Gasteiger partial charge is 0.329 e. The molecule has 0 spiro atoms. The number of amides is 1. The quantitative estimate of drug-likeness (QED) is 0.331. The lowest BCUT2D eigenvalue weighted by molar-refractivity contribution is 0.0681. The molecule has 1 unspecified atom stereocenters. The van der Waals surface area contributed by atoms with Gasteiger partial charge in [-0.25, -0.2) is 4.98 Å². The number of para-hydroxylation sites is 1. The molecule has 0 bridgehead atoms. The molecule has 0 saturated carbocycles. The molecule has 1 heterocycles. The SMILES string of the molecule is CCCN(C(=O)c1ccccc1Cl)C(C)c1nc2ccccc2c(=O)n1-c1ccc(C)c(C)c1. The van der Waals surface area contributed by atoms with Crippen LogP contribution in [0, 0.1) is 13.8 Å². The fraction of sp³-hybridized carbons (Fsp3) is 0.250. The van der Waals surface area contributed by atoms with Crippen LogP contribution in [0.3, 0.4) is 0 Å². The van der Waals surface area contributed by atoms with E-state index >= 15 is 0 Å². The van der Waals surface area contributed by atoms with Gasteiger partial charge in [-0.1, -0.05) is 48.9 Å². The number of carbonyl (C=O) groups excluding carboxylic acids is 1. The van der Waals surface area contributed by atoms with E-state index in [1.807, 2.05) is 64.1 Å². The van der Waals surface area contributed by atoms with Gasteiger partial charge < -0.3 is 4.90 Å². The Hall–Kier alpha value is -3.44. The molecule has 0 saturated heterocycles. The summed E-state index contributed by atoms with van der Waals surface area (Å²) in [6, 6.07) is 19.8. The Bertz CT molecular complexity index is 1430. The van der Waals surface area contributed by atoms with Gasteiger partial charge in [0, 0.05) is 6.54 Å². The topological polar surface area (TPSA) is 55.2 Å². The molecule has 1 aromatic heterocycles. The average molecular weight is 474 g/mol. The Morgan fingerprint density at radius 2 is 1.74 bits per heavy atom. The zero-order valence-electron chi connectivity index (χ0n) is 19.9. The smallest absolute Gasteiger partial charge is 0.266 e. The molecule has 1 amide bonds. The summed E-state index contributed by atoms with van der Waals surface area (Å²) in [5.41, 5.74) is 3.84. The van der Waals surface area contributed by atoms with E-state index in [-0.39, 0.29) is 11.5 Å². The predicted octanol–water partition coefficient (Wildman–Crippen LogP) is 6.27. The van der Waals surface area contributed by atoms with Gasteiger partial charge >= 0.3 is 0 Å². The first kappa shape index (κ1) is 23.7. The molecule has 1 atom stereocenters. The minimum atomic E-state index is -0.470. The van der Waals surface area contributed by atoms with Crippen LogP contribution in [0.25, 0.3) is 16.6 Å². The summed E-state index contributed by atoms with van der Waals surface area (Å²) in [4.78, 5) is 34.0. The lowest BCUT2D eigenvalue weighted by Crippen LogP contribution is -2.38. The lowest BCUT2D eigenvalue weighted by Gasteiger charge is -2.30. The van der Waals surface area contributed by atoms with Crippen LogP contribution in [-0.4, -0.2) is 26.9 Å². The number of hydrogen-bond donors (Lipinski definition) is 0. The van der Waals surface area contributed by atoms with E-state index in [4.69, 9.17) is 16.6 Å². The number of rotatable bonds is 6. The lowest BCUT2D eigenvalue weighted by atomic mass is 10.1. The van der Waals surface area contributed by atoms with Crippen molar-refractivity contribution in [1.82, 2.24) is 14.5 Å². The molecule has 34 heavy (non-hydrogen) atoms. The molecule has 0 aliphatic rings. The zero-order chi connectivity index (χ0) is 24.4. The second-order valence-corrected chi connectivity index (χ2v) is 8.96. The molecule has 0 fully saturated rings. The highest BCUT2D eigenvalue weighted by molar-refractivity contribution is 6.33. The molecule has 0 aliphatic heterocycles. The van der Waals surface area contributed by atoms with Crippen molar-refractivity contribution in [3.05, 3.63) is 105 Å². The van der Waals surface area contributed by atoms with Crippen LogP contribution in [0.2, 0.25) is 5.02 Å². The van der Waals surface area contributed by atoms with Crippen molar-refractivity contribution in [3.63, 3.8) is 0 Å². The van der Waals surface area contributed by atoms with Gasteiger partial charge in [0.1, 0.15) is 5.82 Å². The van der Waals surface area contributed by atoms with Crippen molar-refractivity contribution in [3.8, 4) is 5.69 Å². The molecule has 0 aliphatic carbocycles. The molecule has 6 heteroatoms. The van der Waals surface area contributed by atoms with Gasteiger partial charge in [-0.3, -0.25) is 14.2 Å². The van der Waals surface area contributed by atoms with Crippen LogP contribution in [-0.2, 0) is 0 Å². The van der Waals surface area contributed by atoms with Gasteiger partial charge in [-0.2, -0.15) is 0 Å². The van der Waals surface area contributed by atoms with E-state index in [2.05, 4.69) is 0 Å². The summed E-state index contributed by atoms with van der Waals surface area (Å²) in [6.45, 7) is 8.49. The van der Waals surface area contributed by atoms with E-state index in [0.717, 1.165) is 23.2 Å². The van der Waals surface area contributed by atoms with Gasteiger partial charge in [0.05, 0.1) is 33.2 Å². The van der Waals surface area contributed by atoms with Gasteiger partial charge in [-0.15, -0.1) is 0 Å². The highest BCUT2D eigenvalue weighted by Crippen LogP contribution is 2.27. The number of carbonyl (C=O) groups is 1. The van der Waals surface area contributed by atoms with Crippen LogP contribution >= 0.6 is 11.6 Å². The molecule has 174 valence electrons. The summed E-state index contributed by atoms with van der Waals surface area (Å²) < 4.78 is 1.64. The third-order valence-electron chi connectivity index (χ3n) is 6.22. The molecule has 3 aromatic carbocycles. The average Bonchev–Trinajstić information content (AvgIpc) is 2.84. The molecule has 4 aromatic rings.